The molecule has 4 aliphatic carbocycles. The van der Waals surface area contributed by atoms with Crippen molar-refractivity contribution in [1.29, 1.82) is 0 Å². The van der Waals surface area contributed by atoms with Crippen LogP contribution in [0.25, 0.3) is 23.3 Å². The van der Waals surface area contributed by atoms with Crippen molar-refractivity contribution >= 4 is 39.6 Å². The van der Waals surface area contributed by atoms with Crippen LogP contribution in [-0.2, 0) is 20.9 Å². The zero-order chi connectivity index (χ0) is 28.3. The molecule has 2 heteroatoms. The van der Waals surface area contributed by atoms with Gasteiger partial charge in [0, 0.05) is 0 Å². The molecule has 0 radical (unpaired) electrons. The number of hydrogen-bond donors (Lipinski definition) is 0. The van der Waals surface area contributed by atoms with Crippen LogP contribution in [0.5, 0.6) is 0 Å². The summed E-state index contributed by atoms with van der Waals surface area (Å²) in [7, 11) is 0. The molecule has 0 saturated heterocycles. The number of rotatable bonds is 5. The van der Waals surface area contributed by atoms with Crippen molar-refractivity contribution in [2.45, 2.75) is 20.1 Å². The fourth-order valence-corrected chi connectivity index (χ4v) is 37.5. The van der Waals surface area contributed by atoms with E-state index in [1.807, 2.05) is 0 Å². The van der Waals surface area contributed by atoms with Crippen LogP contribution in [0.3, 0.4) is 0 Å². The van der Waals surface area contributed by atoms with Crippen LogP contribution >= 0.6 is 0 Å². The number of benzene rings is 4. The van der Waals surface area contributed by atoms with Gasteiger partial charge in [-0.1, -0.05) is 0 Å². The zero-order valence-electron chi connectivity index (χ0n) is 24.1. The molecule has 4 aromatic carbocycles. The Hall–Kier alpha value is -3.58. The van der Waals surface area contributed by atoms with E-state index in [4.69, 9.17) is 0 Å². The van der Waals surface area contributed by atoms with E-state index in [0.29, 0.717) is 0 Å². The Morgan fingerprint density at radius 2 is 0.905 bits per heavy atom. The molecule has 0 heterocycles. The van der Waals surface area contributed by atoms with Crippen molar-refractivity contribution in [3.8, 4) is 0 Å². The second-order valence-corrected chi connectivity index (χ2v) is 29.3. The second-order valence-electron chi connectivity index (χ2n) is 12.2. The second kappa shape index (κ2) is 10.0. The summed E-state index contributed by atoms with van der Waals surface area (Å²) in [6.45, 7) is 5.24. The van der Waals surface area contributed by atoms with Gasteiger partial charge in [0.15, 0.2) is 0 Å². The van der Waals surface area contributed by atoms with Crippen molar-refractivity contribution in [1.82, 2.24) is 0 Å². The van der Waals surface area contributed by atoms with Gasteiger partial charge in [0.1, 0.15) is 0 Å². The Morgan fingerprint density at radius 3 is 1.36 bits per heavy atom. The standard InChI is InChI=1S/2C14H11.C12H11Si.Zr/c2*1-10-5-4-8-13-12-7-3-2-6-11(12)9-14(10)13;1-3-7-11(8-4-1)13-12-9-5-2-6-10-12;/h2*2-9H,1H3;1-10,13H;. The molecule has 2 atom stereocenters. The van der Waals surface area contributed by atoms with Crippen molar-refractivity contribution in [3.05, 3.63) is 179 Å². The molecule has 4 aliphatic rings. The van der Waals surface area contributed by atoms with Gasteiger partial charge in [0.2, 0.25) is 0 Å². The molecule has 0 N–H and O–H groups in total. The summed E-state index contributed by atoms with van der Waals surface area (Å²) < 4.78 is 0.0101. The van der Waals surface area contributed by atoms with E-state index in [0.717, 1.165) is 0 Å². The fourth-order valence-electron chi connectivity index (χ4n) is 7.99. The van der Waals surface area contributed by atoms with E-state index in [2.05, 4.69) is 172 Å². The quantitative estimate of drug-likeness (QED) is 0.193. The normalized spacial score (nSPS) is 22.8. The van der Waals surface area contributed by atoms with Gasteiger partial charge in [-0.15, -0.1) is 0 Å². The predicted octanol–water partition coefficient (Wildman–Crippen LogP) is 8.60. The van der Waals surface area contributed by atoms with Crippen molar-refractivity contribution < 1.29 is 20.9 Å². The molecule has 2 unspecified atom stereocenters. The average Bonchev–Trinajstić information content (AvgIpc) is 3.61. The van der Waals surface area contributed by atoms with Gasteiger partial charge >= 0.3 is 260 Å². The fraction of sp³-hybridized carbons (Fsp3) is 0.100. The minimum absolute atomic E-state index is 0.00503. The first-order chi connectivity index (χ1) is 20.6. The van der Waals surface area contributed by atoms with Crippen LogP contribution in [0.1, 0.15) is 36.1 Å². The first kappa shape index (κ1) is 26.1. The summed E-state index contributed by atoms with van der Waals surface area (Å²) in [5, 5.41) is 3.17. The third-order valence-corrected chi connectivity index (χ3v) is 36.5. The van der Waals surface area contributed by atoms with Crippen LogP contribution < -0.4 is 10.4 Å². The molecule has 0 spiro atoms. The average molecular weight is 633 g/mol. The Labute approximate surface area is 258 Å². The third-order valence-electron chi connectivity index (χ3n) is 9.86. The van der Waals surface area contributed by atoms with Crippen LogP contribution in [-0.4, -0.2) is 5.92 Å². The van der Waals surface area contributed by atoms with Gasteiger partial charge in [0.25, 0.3) is 0 Å². The minimum atomic E-state index is -2.76. The molecule has 8 rings (SSSR count). The van der Waals surface area contributed by atoms with E-state index in [1.54, 1.807) is 21.5 Å². The maximum atomic E-state index is 2.62. The summed E-state index contributed by atoms with van der Waals surface area (Å²) in [6, 6.07) is 41.2. The van der Waals surface area contributed by atoms with E-state index in [-0.39, 0.29) is 6.25 Å². The van der Waals surface area contributed by atoms with Crippen LogP contribution in [0.15, 0.2) is 157 Å². The van der Waals surface area contributed by atoms with E-state index >= 15 is 0 Å². The van der Waals surface area contributed by atoms with Crippen LogP contribution in [0.2, 0.25) is 6.25 Å². The predicted molar refractivity (Wildman–Crippen MR) is 179 cm³/mol. The monoisotopic (exact) mass is 631 g/mol. The SMILES string of the molecule is C[C]1([Zr]([SiH](c2ccccc2)c2ccccc2)[C]2(C)C=CC=C3C2=Cc2ccccc23)C=CC=C2C1=Cc1ccccc12. The summed E-state index contributed by atoms with van der Waals surface area (Å²) in [5.41, 5.74) is 11.5. The van der Waals surface area contributed by atoms with Crippen LogP contribution in [0, 0.1) is 0 Å². The third kappa shape index (κ3) is 3.89. The summed E-state index contributed by atoms with van der Waals surface area (Å²) in [6.07, 6.45) is 19.8. The van der Waals surface area contributed by atoms with E-state index < -0.39 is 26.8 Å². The first-order valence-electron chi connectivity index (χ1n) is 15.0. The molecule has 4 aromatic rings. The van der Waals surface area contributed by atoms with E-state index in [9.17, 15) is 0 Å². The molecule has 0 aliphatic heterocycles. The topological polar surface area (TPSA) is 0 Å². The molecule has 0 nitrogen and oxygen atoms in total. The van der Waals surface area contributed by atoms with Gasteiger partial charge in [0.05, 0.1) is 0 Å². The number of allylic oxidation sites excluding steroid dienone is 10. The van der Waals surface area contributed by atoms with Gasteiger partial charge in [-0.2, -0.15) is 0 Å². The molecule has 0 aromatic heterocycles. The molecule has 0 bridgehead atoms. The zero-order valence-corrected chi connectivity index (χ0v) is 27.7. The van der Waals surface area contributed by atoms with Gasteiger partial charge in [-0.3, -0.25) is 0 Å². The van der Waals surface area contributed by atoms with Crippen molar-refractivity contribution in [3.63, 3.8) is 0 Å². The van der Waals surface area contributed by atoms with Gasteiger partial charge < -0.3 is 0 Å². The maximum absolute atomic E-state index is 2.76. The van der Waals surface area contributed by atoms with Gasteiger partial charge in [-0.25, -0.2) is 0 Å². The molecule has 0 fully saturated rings. The summed E-state index contributed by atoms with van der Waals surface area (Å²) in [5.74, 6) is -1.69. The molecule has 42 heavy (non-hydrogen) atoms. The first-order valence-corrected chi connectivity index (χ1v) is 23.4. The van der Waals surface area contributed by atoms with Crippen molar-refractivity contribution in [2.75, 3.05) is 0 Å². The Morgan fingerprint density at radius 1 is 0.500 bits per heavy atom. The number of fused-ring (bicyclic) bond motifs is 6. The Kier molecular flexibility index (Phi) is 6.21. The summed E-state index contributed by atoms with van der Waals surface area (Å²) in [4.78, 5) is 0. The van der Waals surface area contributed by atoms with Crippen molar-refractivity contribution in [2.24, 2.45) is 0 Å². The molecular formula is C40H33SiZr. The van der Waals surface area contributed by atoms with Crippen LogP contribution in [0.4, 0.5) is 0 Å². The molecule has 0 saturated carbocycles. The molecule has 201 valence electrons. The molecule has 0 amide bonds. The molecular weight excluding hydrogens is 600 g/mol. The summed E-state index contributed by atoms with van der Waals surface area (Å²) >= 11 is -2.76. The Bertz CT molecular complexity index is 1770. The number of hydrogen-bond acceptors (Lipinski definition) is 0. The Balaban J connectivity index is 1.40. The van der Waals surface area contributed by atoms with E-state index in [1.165, 1.54) is 33.4 Å². The van der Waals surface area contributed by atoms with Gasteiger partial charge in [-0.05, 0) is 0 Å².